The van der Waals surface area contributed by atoms with Crippen LogP contribution >= 0.6 is 0 Å². The molecule has 1 heterocycles. The Bertz CT molecular complexity index is 411. The lowest BCUT2D eigenvalue weighted by Crippen LogP contribution is -2.71. The molecular weight excluding hydrogens is 264 g/mol. The van der Waals surface area contributed by atoms with Gasteiger partial charge in [0, 0.05) is 5.54 Å². The molecule has 0 aromatic carbocycles. The highest BCUT2D eigenvalue weighted by atomic mass is 16.2. The molecule has 2 unspecified atom stereocenters. The van der Waals surface area contributed by atoms with Crippen LogP contribution in [0.25, 0.3) is 0 Å². The Morgan fingerprint density at radius 1 is 1.05 bits per heavy atom. The number of rotatable bonds is 3. The number of hydrogen-bond donors (Lipinski definition) is 1. The van der Waals surface area contributed by atoms with E-state index in [1.807, 2.05) is 32.6 Å². The summed E-state index contributed by atoms with van der Waals surface area (Å²) in [5, 5.41) is 2.95. The fourth-order valence-electron chi connectivity index (χ4n) is 3.91. The molecular formula is C17H30N2O2. The van der Waals surface area contributed by atoms with Crippen LogP contribution in [0.2, 0.25) is 0 Å². The van der Waals surface area contributed by atoms with Crippen LogP contribution in [-0.2, 0) is 9.59 Å². The van der Waals surface area contributed by atoms with E-state index in [4.69, 9.17) is 0 Å². The van der Waals surface area contributed by atoms with Gasteiger partial charge >= 0.3 is 0 Å². The molecule has 21 heavy (non-hydrogen) atoms. The van der Waals surface area contributed by atoms with Crippen molar-refractivity contribution < 1.29 is 9.59 Å². The molecule has 1 aliphatic carbocycles. The average Bonchev–Trinajstić information content (AvgIpc) is 2.40. The second-order valence-electron chi connectivity index (χ2n) is 7.68. The zero-order chi connectivity index (χ0) is 15.8. The Kier molecular flexibility index (Phi) is 4.64. The summed E-state index contributed by atoms with van der Waals surface area (Å²) in [6.45, 7) is 10.2. The summed E-state index contributed by atoms with van der Waals surface area (Å²) in [5.41, 5.74) is -0.158. The number of piperazine rings is 1. The quantitative estimate of drug-likeness (QED) is 0.870. The third-order valence-electron chi connectivity index (χ3n) is 5.16. The largest absolute Gasteiger partial charge is 0.342 e. The van der Waals surface area contributed by atoms with Crippen molar-refractivity contribution in [1.29, 1.82) is 0 Å². The van der Waals surface area contributed by atoms with E-state index in [0.29, 0.717) is 0 Å². The summed E-state index contributed by atoms with van der Waals surface area (Å²) < 4.78 is 0. The normalized spacial score (nSPS) is 30.0. The molecule has 0 bridgehead atoms. The van der Waals surface area contributed by atoms with E-state index in [1.165, 1.54) is 6.42 Å². The van der Waals surface area contributed by atoms with Crippen LogP contribution in [-0.4, -0.2) is 34.3 Å². The summed E-state index contributed by atoms with van der Waals surface area (Å²) in [6, 6.07) is -0.693. The van der Waals surface area contributed by atoms with Gasteiger partial charge in [-0.1, -0.05) is 47.0 Å². The van der Waals surface area contributed by atoms with E-state index in [-0.39, 0.29) is 41.3 Å². The van der Waals surface area contributed by atoms with Crippen LogP contribution in [0.5, 0.6) is 0 Å². The van der Waals surface area contributed by atoms with Crippen molar-refractivity contribution in [2.45, 2.75) is 84.3 Å². The number of carbonyl (C=O) groups is 2. The summed E-state index contributed by atoms with van der Waals surface area (Å²) >= 11 is 0. The SMILES string of the molecule is CC(C)C1NC(=O)C(C(C)C)N(C2(C)CCCCC2)C1=O. The Hall–Kier alpha value is -1.06. The first-order valence-electron chi connectivity index (χ1n) is 8.41. The van der Waals surface area contributed by atoms with Gasteiger partial charge in [0.05, 0.1) is 0 Å². The number of carbonyl (C=O) groups excluding carboxylic acids is 2. The van der Waals surface area contributed by atoms with Crippen LogP contribution in [0.15, 0.2) is 0 Å². The predicted octanol–water partition coefficient (Wildman–Crippen LogP) is 2.72. The van der Waals surface area contributed by atoms with E-state index >= 15 is 0 Å². The molecule has 2 rings (SSSR count). The molecule has 0 spiro atoms. The molecule has 1 N–H and O–H groups in total. The van der Waals surface area contributed by atoms with Crippen molar-refractivity contribution >= 4 is 11.8 Å². The minimum absolute atomic E-state index is 0.0232. The zero-order valence-corrected chi connectivity index (χ0v) is 14.1. The lowest BCUT2D eigenvalue weighted by molar-refractivity contribution is -0.161. The van der Waals surface area contributed by atoms with Crippen molar-refractivity contribution in [3.63, 3.8) is 0 Å². The summed E-state index contributed by atoms with van der Waals surface area (Å²) in [4.78, 5) is 27.6. The fourth-order valence-corrected chi connectivity index (χ4v) is 3.91. The van der Waals surface area contributed by atoms with Gasteiger partial charge in [-0.2, -0.15) is 0 Å². The minimum atomic E-state index is -0.369. The fraction of sp³-hybridized carbons (Fsp3) is 0.882. The molecule has 2 fully saturated rings. The maximum absolute atomic E-state index is 13.0. The van der Waals surface area contributed by atoms with Gasteiger partial charge < -0.3 is 10.2 Å². The molecule has 2 aliphatic rings. The van der Waals surface area contributed by atoms with E-state index in [2.05, 4.69) is 12.2 Å². The zero-order valence-electron chi connectivity index (χ0n) is 14.1. The van der Waals surface area contributed by atoms with Gasteiger partial charge in [-0.25, -0.2) is 0 Å². The molecule has 4 nitrogen and oxygen atoms in total. The van der Waals surface area contributed by atoms with Crippen molar-refractivity contribution in [3.8, 4) is 0 Å². The van der Waals surface area contributed by atoms with Crippen LogP contribution < -0.4 is 5.32 Å². The average molecular weight is 294 g/mol. The van der Waals surface area contributed by atoms with E-state index in [0.717, 1.165) is 25.7 Å². The molecule has 120 valence electrons. The maximum atomic E-state index is 13.0. The smallest absolute Gasteiger partial charge is 0.246 e. The molecule has 1 saturated carbocycles. The Morgan fingerprint density at radius 2 is 1.62 bits per heavy atom. The highest BCUT2D eigenvalue weighted by molar-refractivity contribution is 5.97. The van der Waals surface area contributed by atoms with Crippen LogP contribution in [0, 0.1) is 11.8 Å². The molecule has 2 amide bonds. The molecule has 1 saturated heterocycles. The maximum Gasteiger partial charge on any atom is 0.246 e. The third kappa shape index (κ3) is 2.95. The van der Waals surface area contributed by atoms with Gasteiger partial charge in [0.2, 0.25) is 11.8 Å². The number of amides is 2. The van der Waals surface area contributed by atoms with Gasteiger partial charge in [-0.05, 0) is 31.6 Å². The van der Waals surface area contributed by atoms with E-state index in [1.54, 1.807) is 0 Å². The number of hydrogen-bond acceptors (Lipinski definition) is 2. The van der Waals surface area contributed by atoms with Crippen molar-refractivity contribution in [2.75, 3.05) is 0 Å². The second kappa shape index (κ2) is 5.98. The van der Waals surface area contributed by atoms with E-state index < -0.39 is 0 Å². The second-order valence-corrected chi connectivity index (χ2v) is 7.68. The first-order chi connectivity index (χ1) is 9.78. The molecule has 2 atom stereocenters. The number of nitrogens with zero attached hydrogens (tertiary/aromatic N) is 1. The molecule has 0 aromatic rings. The van der Waals surface area contributed by atoms with Gasteiger partial charge in [0.1, 0.15) is 12.1 Å². The monoisotopic (exact) mass is 294 g/mol. The summed E-state index contributed by atoms with van der Waals surface area (Å²) in [7, 11) is 0. The predicted molar refractivity (Wildman–Crippen MR) is 83.7 cm³/mol. The van der Waals surface area contributed by atoms with Crippen molar-refractivity contribution in [3.05, 3.63) is 0 Å². The Labute approximate surface area is 128 Å². The minimum Gasteiger partial charge on any atom is -0.342 e. The molecule has 4 heteroatoms. The lowest BCUT2D eigenvalue weighted by Gasteiger charge is -2.52. The Morgan fingerprint density at radius 3 is 2.10 bits per heavy atom. The standard InChI is InChI=1S/C17H30N2O2/c1-11(2)13-16(21)19(14(12(3)4)15(20)18-13)17(5)9-7-6-8-10-17/h11-14H,6-10H2,1-5H3,(H,18,20). The Balaban J connectivity index is 2.38. The topological polar surface area (TPSA) is 49.4 Å². The first kappa shape index (κ1) is 16.3. The summed E-state index contributed by atoms with van der Waals surface area (Å²) in [5.74, 6) is 0.410. The van der Waals surface area contributed by atoms with Gasteiger partial charge in [0.25, 0.3) is 0 Å². The molecule has 0 aromatic heterocycles. The van der Waals surface area contributed by atoms with Crippen LogP contribution in [0.4, 0.5) is 0 Å². The summed E-state index contributed by atoms with van der Waals surface area (Å²) in [6.07, 6.45) is 5.57. The van der Waals surface area contributed by atoms with Crippen molar-refractivity contribution in [2.24, 2.45) is 11.8 Å². The highest BCUT2D eigenvalue weighted by Gasteiger charge is 2.50. The van der Waals surface area contributed by atoms with Crippen LogP contribution in [0.3, 0.4) is 0 Å². The van der Waals surface area contributed by atoms with Crippen molar-refractivity contribution in [1.82, 2.24) is 10.2 Å². The van der Waals surface area contributed by atoms with Gasteiger partial charge in [-0.15, -0.1) is 0 Å². The van der Waals surface area contributed by atoms with Gasteiger partial charge in [-0.3, -0.25) is 9.59 Å². The first-order valence-corrected chi connectivity index (χ1v) is 8.41. The van der Waals surface area contributed by atoms with Gasteiger partial charge in [0.15, 0.2) is 0 Å². The van der Waals surface area contributed by atoms with Crippen LogP contribution in [0.1, 0.15) is 66.7 Å². The number of nitrogens with one attached hydrogen (secondary N) is 1. The third-order valence-corrected chi connectivity index (χ3v) is 5.16. The molecule has 0 radical (unpaired) electrons. The van der Waals surface area contributed by atoms with E-state index in [9.17, 15) is 9.59 Å². The highest BCUT2D eigenvalue weighted by Crippen LogP contribution is 2.38. The molecule has 1 aliphatic heterocycles. The lowest BCUT2D eigenvalue weighted by atomic mass is 9.78.